The van der Waals surface area contributed by atoms with Gasteiger partial charge in [0.15, 0.2) is 5.16 Å². The van der Waals surface area contributed by atoms with Crippen LogP contribution in [0.4, 0.5) is 0 Å². The predicted molar refractivity (Wildman–Crippen MR) is 112 cm³/mol. The second-order valence-electron chi connectivity index (χ2n) is 6.59. The third kappa shape index (κ3) is 2.85. The Morgan fingerprint density at radius 1 is 1.38 bits per heavy atom. The molecule has 2 aromatic heterocycles. The summed E-state index contributed by atoms with van der Waals surface area (Å²) in [4.78, 5) is 20.3. The molecule has 1 aromatic carbocycles. The number of hydrogen-bond acceptors (Lipinski definition) is 4. The lowest BCUT2D eigenvalue weighted by Crippen LogP contribution is -2.24. The molecule has 3 nitrogen and oxygen atoms in total. The summed E-state index contributed by atoms with van der Waals surface area (Å²) in [6.45, 7) is 10.2. The Balaban J connectivity index is 1.98. The highest BCUT2D eigenvalue weighted by atomic mass is 32.2. The molecule has 1 aliphatic carbocycles. The van der Waals surface area contributed by atoms with Crippen LogP contribution in [0.15, 0.2) is 59.0 Å². The lowest BCUT2D eigenvalue weighted by molar-refractivity contribution is 0.652. The van der Waals surface area contributed by atoms with Crippen LogP contribution in [0.5, 0.6) is 0 Å². The Bertz CT molecular complexity index is 1090. The highest BCUT2D eigenvalue weighted by Crippen LogP contribution is 2.42. The number of fused-ring (bicyclic) bond motifs is 5. The van der Waals surface area contributed by atoms with E-state index in [-0.39, 0.29) is 5.56 Å². The number of aryl methyl sites for hydroxylation is 2. The minimum atomic E-state index is 0.0569. The quantitative estimate of drug-likeness (QED) is 0.352. The van der Waals surface area contributed by atoms with Crippen LogP contribution in [0, 0.1) is 0 Å². The fourth-order valence-corrected chi connectivity index (χ4v) is 5.51. The predicted octanol–water partition coefficient (Wildman–Crippen LogP) is 5.08. The lowest BCUT2D eigenvalue weighted by Gasteiger charge is -2.16. The summed E-state index contributed by atoms with van der Waals surface area (Å²) in [5.41, 5.74) is 4.78. The van der Waals surface area contributed by atoms with Crippen molar-refractivity contribution in [3.8, 4) is 10.4 Å². The highest BCUT2D eigenvalue weighted by Gasteiger charge is 2.25. The van der Waals surface area contributed by atoms with Crippen LogP contribution in [0.3, 0.4) is 0 Å². The van der Waals surface area contributed by atoms with Gasteiger partial charge in [-0.2, -0.15) is 0 Å². The topological polar surface area (TPSA) is 34.9 Å². The Kier molecular flexibility index (Phi) is 4.59. The molecule has 0 saturated heterocycles. The zero-order valence-electron chi connectivity index (χ0n) is 14.7. The number of aromatic nitrogens is 2. The number of thioether (sulfide) groups is 1. The third-order valence-electron chi connectivity index (χ3n) is 4.54. The number of rotatable bonds is 5. The van der Waals surface area contributed by atoms with Crippen molar-refractivity contribution in [1.29, 1.82) is 0 Å². The zero-order valence-corrected chi connectivity index (χ0v) is 16.4. The summed E-state index contributed by atoms with van der Waals surface area (Å²) in [6, 6.07) is 8.49. The fraction of sp³-hybridized carbons (Fsp3) is 0.238. The van der Waals surface area contributed by atoms with E-state index in [1.807, 2.05) is 13.0 Å². The fourth-order valence-electron chi connectivity index (χ4n) is 3.45. The average Bonchev–Trinajstić information content (AvgIpc) is 3.01. The summed E-state index contributed by atoms with van der Waals surface area (Å²) in [5.74, 6) is 0.724. The van der Waals surface area contributed by atoms with Crippen LogP contribution in [-0.4, -0.2) is 15.3 Å². The summed E-state index contributed by atoms with van der Waals surface area (Å²) in [5, 5.41) is 1.54. The minimum absolute atomic E-state index is 0.0569. The summed E-state index contributed by atoms with van der Waals surface area (Å²) in [6.07, 6.45) is 3.71. The van der Waals surface area contributed by atoms with Gasteiger partial charge in [-0.3, -0.25) is 9.36 Å². The van der Waals surface area contributed by atoms with E-state index in [1.54, 1.807) is 27.7 Å². The first-order chi connectivity index (χ1) is 12.6. The Hall–Kier alpha value is -2.11. The van der Waals surface area contributed by atoms with Gasteiger partial charge in [0.05, 0.1) is 5.39 Å². The van der Waals surface area contributed by atoms with Gasteiger partial charge in [0.2, 0.25) is 0 Å². The van der Waals surface area contributed by atoms with E-state index in [2.05, 4.69) is 37.4 Å². The number of hydrogen-bond donors (Lipinski definition) is 0. The summed E-state index contributed by atoms with van der Waals surface area (Å²) >= 11 is 3.19. The van der Waals surface area contributed by atoms with Crippen molar-refractivity contribution in [1.82, 2.24) is 9.55 Å². The van der Waals surface area contributed by atoms with Crippen LogP contribution in [0.2, 0.25) is 0 Å². The summed E-state index contributed by atoms with van der Waals surface area (Å²) in [7, 11) is 0. The molecule has 0 fully saturated rings. The maximum atomic E-state index is 13.3. The van der Waals surface area contributed by atoms with Gasteiger partial charge in [0.1, 0.15) is 4.83 Å². The monoisotopic (exact) mass is 380 g/mol. The second-order valence-corrected chi connectivity index (χ2v) is 8.58. The molecule has 5 heteroatoms. The van der Waals surface area contributed by atoms with E-state index in [9.17, 15) is 4.79 Å². The average molecular weight is 381 g/mol. The van der Waals surface area contributed by atoms with Crippen LogP contribution < -0.4 is 5.56 Å². The molecule has 0 aliphatic heterocycles. The Morgan fingerprint density at radius 2 is 2.19 bits per heavy atom. The molecule has 1 aliphatic rings. The molecule has 0 saturated carbocycles. The first-order valence-corrected chi connectivity index (χ1v) is 10.4. The normalized spacial score (nSPS) is 12.7. The van der Waals surface area contributed by atoms with Crippen LogP contribution >= 0.6 is 23.1 Å². The largest absolute Gasteiger partial charge is 0.283 e. The molecule has 2 heterocycles. The van der Waals surface area contributed by atoms with Crippen molar-refractivity contribution < 1.29 is 0 Å². The van der Waals surface area contributed by atoms with Crippen LogP contribution in [-0.2, 0) is 19.4 Å². The van der Waals surface area contributed by atoms with Crippen molar-refractivity contribution in [2.24, 2.45) is 0 Å². The van der Waals surface area contributed by atoms with Gasteiger partial charge >= 0.3 is 0 Å². The third-order valence-corrected chi connectivity index (χ3v) is 6.67. The van der Waals surface area contributed by atoms with E-state index < -0.39 is 0 Å². The Morgan fingerprint density at radius 3 is 2.96 bits per heavy atom. The molecule has 0 spiro atoms. The molecule has 26 heavy (non-hydrogen) atoms. The smallest absolute Gasteiger partial charge is 0.263 e. The van der Waals surface area contributed by atoms with Crippen molar-refractivity contribution in [2.75, 3.05) is 5.75 Å². The minimum Gasteiger partial charge on any atom is -0.283 e. The number of thiophene rings is 1. The van der Waals surface area contributed by atoms with E-state index in [0.717, 1.165) is 45.1 Å². The molecule has 0 atom stereocenters. The van der Waals surface area contributed by atoms with Crippen molar-refractivity contribution >= 4 is 33.3 Å². The van der Waals surface area contributed by atoms with Gasteiger partial charge in [0.25, 0.3) is 5.56 Å². The van der Waals surface area contributed by atoms with Crippen molar-refractivity contribution in [2.45, 2.75) is 31.5 Å². The highest BCUT2D eigenvalue weighted by molar-refractivity contribution is 7.99. The molecule has 0 N–H and O–H groups in total. The van der Waals surface area contributed by atoms with Gasteiger partial charge in [-0.25, -0.2) is 4.98 Å². The van der Waals surface area contributed by atoms with E-state index in [0.29, 0.717) is 6.54 Å². The standard InChI is InChI=1S/C21H20N2OS2/c1-4-11-25-21-22-19-17(20(24)23(21)12-13(2)3)16-10-9-14-7-5-6-8-15(14)18(16)26-19/h4-8H,1-2,9-12H2,3H3. The summed E-state index contributed by atoms with van der Waals surface area (Å²) < 4.78 is 1.77. The first-order valence-electron chi connectivity index (χ1n) is 8.62. The van der Waals surface area contributed by atoms with Gasteiger partial charge in [-0.1, -0.05) is 54.3 Å². The second kappa shape index (κ2) is 6.89. The maximum Gasteiger partial charge on any atom is 0.263 e. The molecule has 0 amide bonds. The molecule has 132 valence electrons. The van der Waals surface area contributed by atoms with Gasteiger partial charge in [0, 0.05) is 17.2 Å². The zero-order chi connectivity index (χ0) is 18.3. The van der Waals surface area contributed by atoms with Gasteiger partial charge in [-0.05, 0) is 36.5 Å². The Labute approximate surface area is 161 Å². The van der Waals surface area contributed by atoms with Gasteiger partial charge < -0.3 is 0 Å². The maximum absolute atomic E-state index is 13.3. The lowest BCUT2D eigenvalue weighted by atomic mass is 9.90. The molecule has 0 radical (unpaired) electrons. The van der Waals surface area contributed by atoms with Crippen LogP contribution in [0.25, 0.3) is 20.7 Å². The molecular weight excluding hydrogens is 360 g/mol. The number of benzene rings is 1. The van der Waals surface area contributed by atoms with E-state index in [1.165, 1.54) is 16.0 Å². The molecular formula is C21H20N2OS2. The molecule has 3 aromatic rings. The molecule has 0 unspecified atom stereocenters. The molecule has 0 bridgehead atoms. The van der Waals surface area contributed by atoms with Gasteiger partial charge in [-0.15, -0.1) is 17.9 Å². The van der Waals surface area contributed by atoms with E-state index in [4.69, 9.17) is 4.98 Å². The van der Waals surface area contributed by atoms with Crippen molar-refractivity contribution in [3.63, 3.8) is 0 Å². The molecule has 4 rings (SSSR count). The number of nitrogens with zero attached hydrogens (tertiary/aromatic N) is 2. The van der Waals surface area contributed by atoms with Crippen LogP contribution in [0.1, 0.15) is 18.1 Å². The van der Waals surface area contributed by atoms with Crippen molar-refractivity contribution in [3.05, 3.63) is 70.6 Å². The number of allylic oxidation sites excluding steroid dienone is 1. The van der Waals surface area contributed by atoms with E-state index >= 15 is 0 Å². The first kappa shape index (κ1) is 17.3. The SMILES string of the molecule is C=CCSc1nc2sc3c(c2c(=O)n1CC(=C)C)CCc1ccccc1-3.